The molecule has 4 nitrogen and oxygen atoms in total. The molecule has 23 heavy (non-hydrogen) atoms. The van der Waals surface area contributed by atoms with E-state index in [1.54, 1.807) is 0 Å². The number of benzene rings is 1. The smallest absolute Gasteiger partial charge is 0.387 e. The molecular weight excluding hydrogens is 304 g/mol. The van der Waals surface area contributed by atoms with Crippen molar-refractivity contribution in [2.45, 2.75) is 38.7 Å². The monoisotopic (exact) mass is 325 g/mol. The van der Waals surface area contributed by atoms with Crippen molar-refractivity contribution < 1.29 is 23.0 Å². The molecule has 0 aromatic heterocycles. The maximum Gasteiger partial charge on any atom is 0.387 e. The number of carbonyl (C=O) groups is 1. The SMILES string of the molecule is COc1cc(C(=O)NCCC2=CCCCC2)ccc1OC(F)F. The number of hydrogen-bond acceptors (Lipinski definition) is 3. The third-order valence-corrected chi connectivity index (χ3v) is 3.76. The van der Waals surface area contributed by atoms with Gasteiger partial charge in [-0.25, -0.2) is 0 Å². The third-order valence-electron chi connectivity index (χ3n) is 3.76. The molecule has 0 bridgehead atoms. The molecule has 0 spiro atoms. The van der Waals surface area contributed by atoms with Crippen LogP contribution >= 0.6 is 0 Å². The first-order valence-corrected chi connectivity index (χ1v) is 7.69. The summed E-state index contributed by atoms with van der Waals surface area (Å²) in [5, 5.41) is 2.83. The molecule has 2 rings (SSSR count). The molecule has 0 unspecified atom stereocenters. The minimum atomic E-state index is -2.94. The summed E-state index contributed by atoms with van der Waals surface area (Å²) in [6.45, 7) is -2.38. The molecule has 0 fully saturated rings. The topological polar surface area (TPSA) is 47.6 Å². The zero-order valence-corrected chi connectivity index (χ0v) is 13.1. The van der Waals surface area contributed by atoms with E-state index in [2.05, 4.69) is 16.1 Å². The van der Waals surface area contributed by atoms with E-state index in [0.717, 1.165) is 19.3 Å². The van der Waals surface area contributed by atoms with Crippen molar-refractivity contribution in [1.29, 1.82) is 0 Å². The Morgan fingerprint density at radius 3 is 2.78 bits per heavy atom. The van der Waals surface area contributed by atoms with Crippen LogP contribution in [0.15, 0.2) is 29.8 Å². The number of alkyl halides is 2. The molecule has 1 aliphatic carbocycles. The molecule has 1 aliphatic rings. The Balaban J connectivity index is 1.92. The number of ether oxygens (including phenoxy) is 2. The van der Waals surface area contributed by atoms with Crippen molar-refractivity contribution in [3.8, 4) is 11.5 Å². The molecule has 0 atom stereocenters. The second-order valence-electron chi connectivity index (χ2n) is 5.36. The summed E-state index contributed by atoms with van der Waals surface area (Å²) in [6.07, 6.45) is 7.76. The molecule has 0 heterocycles. The van der Waals surface area contributed by atoms with E-state index in [4.69, 9.17) is 4.74 Å². The van der Waals surface area contributed by atoms with E-state index in [9.17, 15) is 13.6 Å². The number of nitrogens with one attached hydrogen (secondary N) is 1. The molecule has 6 heteroatoms. The Bertz CT molecular complexity index is 573. The minimum Gasteiger partial charge on any atom is -0.493 e. The molecule has 1 aromatic rings. The lowest BCUT2D eigenvalue weighted by atomic mass is 9.97. The van der Waals surface area contributed by atoms with Crippen molar-refractivity contribution >= 4 is 5.91 Å². The van der Waals surface area contributed by atoms with Crippen LogP contribution in [-0.2, 0) is 0 Å². The van der Waals surface area contributed by atoms with Crippen molar-refractivity contribution in [2.24, 2.45) is 0 Å². The van der Waals surface area contributed by atoms with Crippen LogP contribution < -0.4 is 14.8 Å². The van der Waals surface area contributed by atoms with Gasteiger partial charge in [0.15, 0.2) is 11.5 Å². The molecular formula is C17H21F2NO3. The summed E-state index contributed by atoms with van der Waals surface area (Å²) in [7, 11) is 1.34. The summed E-state index contributed by atoms with van der Waals surface area (Å²) >= 11 is 0. The average Bonchev–Trinajstić information content (AvgIpc) is 2.55. The van der Waals surface area contributed by atoms with E-state index in [-0.39, 0.29) is 17.4 Å². The zero-order valence-electron chi connectivity index (χ0n) is 13.1. The van der Waals surface area contributed by atoms with Crippen LogP contribution in [0.1, 0.15) is 42.5 Å². The molecule has 0 radical (unpaired) electrons. The number of halogens is 2. The van der Waals surface area contributed by atoms with Gasteiger partial charge in [-0.2, -0.15) is 8.78 Å². The van der Waals surface area contributed by atoms with Gasteiger partial charge in [-0.05, 0) is 50.3 Å². The lowest BCUT2D eigenvalue weighted by Gasteiger charge is -2.14. The normalized spacial score (nSPS) is 14.3. The number of methoxy groups -OCH3 is 1. The van der Waals surface area contributed by atoms with Gasteiger partial charge in [0.25, 0.3) is 5.91 Å². The van der Waals surface area contributed by atoms with E-state index in [0.29, 0.717) is 12.1 Å². The van der Waals surface area contributed by atoms with Crippen LogP contribution in [-0.4, -0.2) is 26.2 Å². The largest absolute Gasteiger partial charge is 0.493 e. The van der Waals surface area contributed by atoms with Gasteiger partial charge in [-0.3, -0.25) is 4.79 Å². The van der Waals surface area contributed by atoms with Gasteiger partial charge < -0.3 is 14.8 Å². The van der Waals surface area contributed by atoms with Gasteiger partial charge >= 0.3 is 6.61 Å². The van der Waals surface area contributed by atoms with E-state index in [1.807, 2.05) is 0 Å². The number of amides is 1. The lowest BCUT2D eigenvalue weighted by molar-refractivity contribution is -0.0512. The number of rotatable bonds is 7. The van der Waals surface area contributed by atoms with Crippen molar-refractivity contribution in [3.63, 3.8) is 0 Å². The van der Waals surface area contributed by atoms with Crippen LogP contribution in [0.5, 0.6) is 11.5 Å². The molecule has 0 aliphatic heterocycles. The van der Waals surface area contributed by atoms with Gasteiger partial charge in [0.1, 0.15) is 0 Å². The Labute approximate surface area is 134 Å². The van der Waals surface area contributed by atoms with Crippen molar-refractivity contribution in [2.75, 3.05) is 13.7 Å². The summed E-state index contributed by atoms with van der Waals surface area (Å²) in [4.78, 5) is 12.1. The highest BCUT2D eigenvalue weighted by Crippen LogP contribution is 2.29. The summed E-state index contributed by atoms with van der Waals surface area (Å²) in [5.41, 5.74) is 1.73. The van der Waals surface area contributed by atoms with Gasteiger partial charge in [0, 0.05) is 12.1 Å². The fourth-order valence-electron chi connectivity index (χ4n) is 2.57. The first-order chi connectivity index (χ1) is 11.1. The fourth-order valence-corrected chi connectivity index (χ4v) is 2.57. The molecule has 1 amide bonds. The average molecular weight is 325 g/mol. The zero-order chi connectivity index (χ0) is 16.7. The standard InChI is InChI=1S/C17H21F2NO3/c1-22-15-11-13(7-8-14(15)23-17(18)19)16(21)20-10-9-12-5-3-2-4-6-12/h5,7-8,11,17H,2-4,6,9-10H2,1H3,(H,20,21). The van der Waals surface area contributed by atoms with Crippen LogP contribution in [0.2, 0.25) is 0 Å². The summed E-state index contributed by atoms with van der Waals surface area (Å²) < 4.78 is 33.9. The Morgan fingerprint density at radius 2 is 2.13 bits per heavy atom. The van der Waals surface area contributed by atoms with Gasteiger partial charge in [-0.15, -0.1) is 0 Å². The predicted molar refractivity (Wildman–Crippen MR) is 83.1 cm³/mol. The van der Waals surface area contributed by atoms with Crippen LogP contribution in [0, 0.1) is 0 Å². The Morgan fingerprint density at radius 1 is 1.30 bits per heavy atom. The molecule has 0 saturated heterocycles. The first kappa shape index (κ1) is 17.2. The first-order valence-electron chi connectivity index (χ1n) is 7.69. The van der Waals surface area contributed by atoms with E-state index >= 15 is 0 Å². The van der Waals surface area contributed by atoms with E-state index < -0.39 is 6.61 Å². The van der Waals surface area contributed by atoms with Crippen LogP contribution in [0.4, 0.5) is 8.78 Å². The minimum absolute atomic E-state index is 0.0913. The van der Waals surface area contributed by atoms with Gasteiger partial charge in [-0.1, -0.05) is 11.6 Å². The van der Waals surface area contributed by atoms with Crippen molar-refractivity contribution in [3.05, 3.63) is 35.4 Å². The van der Waals surface area contributed by atoms with Crippen LogP contribution in [0.25, 0.3) is 0 Å². The van der Waals surface area contributed by atoms with Gasteiger partial charge in [0.05, 0.1) is 7.11 Å². The molecule has 1 N–H and O–H groups in total. The van der Waals surface area contributed by atoms with Gasteiger partial charge in [0.2, 0.25) is 0 Å². The highest BCUT2D eigenvalue weighted by molar-refractivity contribution is 5.94. The second kappa shape index (κ2) is 8.50. The summed E-state index contributed by atoms with van der Waals surface area (Å²) in [5.74, 6) is -0.248. The second-order valence-corrected chi connectivity index (χ2v) is 5.36. The third kappa shape index (κ3) is 5.23. The molecule has 1 aromatic carbocycles. The van der Waals surface area contributed by atoms with Crippen molar-refractivity contribution in [1.82, 2.24) is 5.32 Å². The quantitative estimate of drug-likeness (QED) is 0.773. The Hall–Kier alpha value is -2.11. The maximum atomic E-state index is 12.3. The lowest BCUT2D eigenvalue weighted by Crippen LogP contribution is -2.25. The van der Waals surface area contributed by atoms with Crippen LogP contribution in [0.3, 0.4) is 0 Å². The summed E-state index contributed by atoms with van der Waals surface area (Å²) in [6, 6.07) is 4.14. The number of hydrogen-bond donors (Lipinski definition) is 1. The highest BCUT2D eigenvalue weighted by Gasteiger charge is 2.14. The Kier molecular flexibility index (Phi) is 6.38. The van der Waals surface area contributed by atoms with E-state index in [1.165, 1.54) is 43.7 Å². The predicted octanol–water partition coefficient (Wildman–Crippen LogP) is 3.92. The fraction of sp³-hybridized carbons (Fsp3) is 0.471. The molecule has 126 valence electrons. The maximum absolute atomic E-state index is 12.3. The number of carbonyl (C=O) groups excluding carboxylic acids is 1. The highest BCUT2D eigenvalue weighted by atomic mass is 19.3. The molecule has 0 saturated carbocycles. The number of allylic oxidation sites excluding steroid dienone is 1.